The first kappa shape index (κ1) is 21.3. The predicted octanol–water partition coefficient (Wildman–Crippen LogP) is 3.26. The Morgan fingerprint density at radius 2 is 2.04 bits per heavy atom. The van der Waals surface area contributed by atoms with Crippen LogP contribution in [0.3, 0.4) is 0 Å². The number of allylic oxidation sites excluding steroid dienone is 1. The van der Waals surface area contributed by atoms with Gasteiger partial charge in [-0.1, -0.05) is 38.8 Å². The Morgan fingerprint density at radius 1 is 1.27 bits per heavy atom. The molecule has 5 nitrogen and oxygen atoms in total. The topological polar surface area (TPSA) is 61.4 Å². The molecule has 2 fully saturated rings. The van der Waals surface area contributed by atoms with E-state index in [1.54, 1.807) is 0 Å². The van der Waals surface area contributed by atoms with Crippen LogP contribution < -0.4 is 10.0 Å². The molecule has 1 heterocycles. The van der Waals surface area contributed by atoms with Crippen LogP contribution in [0.15, 0.2) is 12.2 Å². The van der Waals surface area contributed by atoms with Crippen molar-refractivity contribution in [2.24, 2.45) is 5.92 Å². The molecule has 2 amide bonds. The number of hydrogen-bond acceptors (Lipinski definition) is 4. The van der Waals surface area contributed by atoms with E-state index in [0.29, 0.717) is 5.25 Å². The molecule has 1 saturated heterocycles. The van der Waals surface area contributed by atoms with Gasteiger partial charge >= 0.3 is 0 Å². The highest BCUT2D eigenvalue weighted by Gasteiger charge is 2.33. The van der Waals surface area contributed by atoms with Gasteiger partial charge in [0.05, 0.1) is 6.04 Å². The van der Waals surface area contributed by atoms with E-state index >= 15 is 0 Å². The molecule has 0 aromatic rings. The highest BCUT2D eigenvalue weighted by molar-refractivity contribution is 7.98. The third-order valence-corrected chi connectivity index (χ3v) is 6.32. The van der Waals surface area contributed by atoms with E-state index in [1.165, 1.54) is 44.1 Å². The number of likely N-dealkylation sites (tertiary alicyclic amines) is 1. The Bertz CT molecular complexity index is 493. The van der Waals surface area contributed by atoms with Gasteiger partial charge in [-0.3, -0.25) is 19.2 Å². The van der Waals surface area contributed by atoms with Gasteiger partial charge in [0.1, 0.15) is 6.04 Å². The van der Waals surface area contributed by atoms with Crippen LogP contribution in [0.2, 0.25) is 0 Å². The molecule has 1 aliphatic carbocycles. The maximum absolute atomic E-state index is 12.7. The van der Waals surface area contributed by atoms with Crippen molar-refractivity contribution < 1.29 is 9.59 Å². The zero-order chi connectivity index (χ0) is 18.9. The van der Waals surface area contributed by atoms with Crippen molar-refractivity contribution in [3.8, 4) is 0 Å². The molecule has 0 aromatic carbocycles. The van der Waals surface area contributed by atoms with Crippen molar-refractivity contribution in [3.63, 3.8) is 0 Å². The second kappa shape index (κ2) is 11.0. The number of nitrogens with zero attached hydrogens (tertiary/aromatic N) is 1. The Labute approximate surface area is 162 Å². The van der Waals surface area contributed by atoms with Crippen LogP contribution in [0, 0.1) is 5.92 Å². The van der Waals surface area contributed by atoms with Crippen molar-refractivity contribution in [3.05, 3.63) is 12.2 Å². The largest absolute Gasteiger partial charge is 0.342 e. The minimum absolute atomic E-state index is 0.0206. The maximum atomic E-state index is 12.7. The van der Waals surface area contributed by atoms with E-state index < -0.39 is 6.04 Å². The molecule has 1 saturated carbocycles. The van der Waals surface area contributed by atoms with Gasteiger partial charge in [0.15, 0.2) is 0 Å². The van der Waals surface area contributed by atoms with Crippen LogP contribution in [0.1, 0.15) is 65.2 Å². The standard InChI is InChI=1S/C20H35N3O2S/c1-4-5-6-7-8-10-15(2)18(20(25)22-26-16-12-13-16)21-19(24)17-11-9-14-23(17)3/h8,10,15-18H,4-7,9,11-14H2,1-3H3,(H,21,24)(H,22,25)/b10-8-/t15-,17?,18?/m0/s1. The Balaban J connectivity index is 1.92. The number of amides is 2. The van der Waals surface area contributed by atoms with Crippen molar-refractivity contribution in [2.75, 3.05) is 13.6 Å². The molecule has 0 spiro atoms. The molecule has 0 bridgehead atoms. The lowest BCUT2D eigenvalue weighted by molar-refractivity contribution is -0.131. The van der Waals surface area contributed by atoms with Crippen LogP contribution in [-0.2, 0) is 9.59 Å². The fraction of sp³-hybridized carbons (Fsp3) is 0.800. The van der Waals surface area contributed by atoms with Gasteiger partial charge in [-0.05, 0) is 64.1 Å². The van der Waals surface area contributed by atoms with E-state index in [0.717, 1.165) is 25.8 Å². The minimum atomic E-state index is -0.509. The maximum Gasteiger partial charge on any atom is 0.252 e. The van der Waals surface area contributed by atoms with Crippen molar-refractivity contribution in [1.82, 2.24) is 14.9 Å². The van der Waals surface area contributed by atoms with E-state index in [4.69, 9.17) is 0 Å². The Morgan fingerprint density at radius 3 is 2.65 bits per heavy atom. The molecule has 148 valence electrons. The van der Waals surface area contributed by atoms with Gasteiger partial charge in [-0.25, -0.2) is 0 Å². The van der Waals surface area contributed by atoms with E-state index in [1.807, 2.05) is 14.0 Å². The molecule has 2 aliphatic rings. The highest BCUT2D eigenvalue weighted by atomic mass is 32.2. The minimum Gasteiger partial charge on any atom is -0.342 e. The van der Waals surface area contributed by atoms with Crippen LogP contribution in [0.5, 0.6) is 0 Å². The van der Waals surface area contributed by atoms with Crippen LogP contribution in [0.4, 0.5) is 0 Å². The van der Waals surface area contributed by atoms with Gasteiger partial charge in [-0.2, -0.15) is 0 Å². The molecular weight excluding hydrogens is 346 g/mol. The molecule has 3 atom stereocenters. The zero-order valence-electron chi connectivity index (χ0n) is 16.5. The summed E-state index contributed by atoms with van der Waals surface area (Å²) < 4.78 is 2.96. The average Bonchev–Trinajstić information content (AvgIpc) is 3.36. The predicted molar refractivity (Wildman–Crippen MR) is 109 cm³/mol. The van der Waals surface area contributed by atoms with Crippen LogP contribution in [0.25, 0.3) is 0 Å². The van der Waals surface area contributed by atoms with Crippen molar-refractivity contribution in [2.45, 2.75) is 82.5 Å². The fourth-order valence-corrected chi connectivity index (χ4v) is 4.03. The van der Waals surface area contributed by atoms with Gasteiger partial charge in [0.25, 0.3) is 5.91 Å². The number of likely N-dealkylation sites (N-methyl/N-ethyl adjacent to an activating group) is 1. The van der Waals surface area contributed by atoms with Crippen LogP contribution in [-0.4, -0.2) is 47.6 Å². The molecule has 2 unspecified atom stereocenters. The molecular formula is C20H35N3O2S. The molecule has 6 heteroatoms. The number of hydrogen-bond donors (Lipinski definition) is 2. The fourth-order valence-electron chi connectivity index (χ4n) is 3.25. The lowest BCUT2D eigenvalue weighted by Crippen LogP contribution is -2.53. The summed E-state index contributed by atoms with van der Waals surface area (Å²) in [6.07, 6.45) is 13.1. The van der Waals surface area contributed by atoms with Gasteiger partial charge in [-0.15, -0.1) is 0 Å². The summed E-state index contributed by atoms with van der Waals surface area (Å²) in [7, 11) is 1.98. The summed E-state index contributed by atoms with van der Waals surface area (Å²) in [4.78, 5) is 27.4. The van der Waals surface area contributed by atoms with E-state index in [9.17, 15) is 9.59 Å². The summed E-state index contributed by atoms with van der Waals surface area (Å²) in [6.45, 7) is 5.15. The summed E-state index contributed by atoms with van der Waals surface area (Å²) in [5, 5.41) is 3.58. The SMILES string of the molecule is CCCCC/C=C\[C@H](C)C(NC(=O)C1CCCN1C)C(=O)NSC1CC1. The third-order valence-electron chi connectivity index (χ3n) is 5.19. The zero-order valence-corrected chi connectivity index (χ0v) is 17.3. The molecule has 0 aromatic heterocycles. The van der Waals surface area contributed by atoms with Gasteiger partial charge < -0.3 is 5.32 Å². The third kappa shape index (κ3) is 6.95. The quantitative estimate of drug-likeness (QED) is 0.328. The lowest BCUT2D eigenvalue weighted by Gasteiger charge is -2.26. The van der Waals surface area contributed by atoms with Crippen LogP contribution >= 0.6 is 11.9 Å². The monoisotopic (exact) mass is 381 g/mol. The number of rotatable bonds is 11. The lowest BCUT2D eigenvalue weighted by atomic mass is 9.99. The number of unbranched alkanes of at least 4 members (excludes halogenated alkanes) is 3. The van der Waals surface area contributed by atoms with E-state index in [-0.39, 0.29) is 23.8 Å². The smallest absolute Gasteiger partial charge is 0.252 e. The first-order chi connectivity index (χ1) is 12.5. The molecule has 0 radical (unpaired) electrons. The van der Waals surface area contributed by atoms with Crippen molar-refractivity contribution >= 4 is 23.8 Å². The average molecular weight is 382 g/mol. The molecule has 26 heavy (non-hydrogen) atoms. The second-order valence-electron chi connectivity index (χ2n) is 7.69. The first-order valence-electron chi connectivity index (χ1n) is 10.2. The molecule has 1 aliphatic heterocycles. The normalized spacial score (nSPS) is 23.1. The van der Waals surface area contributed by atoms with Gasteiger partial charge in [0.2, 0.25) is 5.91 Å². The molecule has 2 N–H and O–H groups in total. The number of nitrogens with one attached hydrogen (secondary N) is 2. The molecule has 2 rings (SSSR count). The second-order valence-corrected chi connectivity index (χ2v) is 8.80. The Kier molecular flexibility index (Phi) is 8.99. The summed E-state index contributed by atoms with van der Waals surface area (Å²) in [5.74, 6) is -0.124. The van der Waals surface area contributed by atoms with E-state index in [2.05, 4.69) is 34.0 Å². The van der Waals surface area contributed by atoms with Gasteiger partial charge in [0, 0.05) is 11.2 Å². The number of carbonyl (C=O) groups is 2. The Hall–Kier alpha value is -1.01. The number of carbonyl (C=O) groups excluding carboxylic acids is 2. The van der Waals surface area contributed by atoms with Crippen molar-refractivity contribution in [1.29, 1.82) is 0 Å². The first-order valence-corrected chi connectivity index (χ1v) is 11.0. The highest BCUT2D eigenvalue weighted by Crippen LogP contribution is 2.32. The summed E-state index contributed by atoms with van der Waals surface area (Å²) in [5.41, 5.74) is 0. The summed E-state index contributed by atoms with van der Waals surface area (Å²) in [6, 6.07) is -0.618. The summed E-state index contributed by atoms with van der Waals surface area (Å²) >= 11 is 1.51.